The summed E-state index contributed by atoms with van der Waals surface area (Å²) in [5.41, 5.74) is 4.45. The summed E-state index contributed by atoms with van der Waals surface area (Å²) in [6.07, 6.45) is 4.36. The number of rotatable bonds is 2. The van der Waals surface area contributed by atoms with Gasteiger partial charge in [-0.05, 0) is 55.2 Å². The second-order valence-electron chi connectivity index (χ2n) is 6.98. The highest BCUT2D eigenvalue weighted by Gasteiger charge is 2.24. The number of aromatic amines is 1. The van der Waals surface area contributed by atoms with E-state index in [2.05, 4.69) is 36.0 Å². The number of aryl methyl sites for hydroxylation is 2. The first-order chi connectivity index (χ1) is 13.5. The van der Waals surface area contributed by atoms with Crippen molar-refractivity contribution in [1.82, 2.24) is 24.7 Å². The lowest BCUT2D eigenvalue weighted by Gasteiger charge is -2.15. The molecule has 28 heavy (non-hydrogen) atoms. The van der Waals surface area contributed by atoms with Crippen molar-refractivity contribution in [2.45, 2.75) is 20.3 Å². The molecule has 5 rings (SSSR count). The maximum atomic E-state index is 12.7. The van der Waals surface area contributed by atoms with Crippen LogP contribution in [0.15, 0.2) is 45.9 Å². The van der Waals surface area contributed by atoms with Crippen molar-refractivity contribution in [3.05, 3.63) is 68.2 Å². The third-order valence-electron chi connectivity index (χ3n) is 5.05. The average molecular weight is 437 g/mol. The zero-order valence-corrected chi connectivity index (χ0v) is 17.0. The Bertz CT molecular complexity index is 1270. The van der Waals surface area contributed by atoms with Crippen LogP contribution in [0.4, 0.5) is 11.8 Å². The molecule has 7 nitrogen and oxygen atoms in total. The molecule has 0 atom stereocenters. The molecule has 8 heteroatoms. The van der Waals surface area contributed by atoms with Crippen molar-refractivity contribution >= 4 is 38.7 Å². The van der Waals surface area contributed by atoms with Crippen LogP contribution in [0.5, 0.6) is 0 Å². The standard InChI is InChI=1S/C20H17BrN6O/c1-11-8-14(21)9-12(2)16(11)27-10-15-17(25-27)23-20(24-19(15)28)26-7-5-13-4-3-6-22-18(13)26/h3-4,6,8-10H,5,7H2,1-2H3,(H,23,24,25,28). The van der Waals surface area contributed by atoms with Crippen molar-refractivity contribution in [2.24, 2.45) is 0 Å². The normalized spacial score (nSPS) is 13.3. The van der Waals surface area contributed by atoms with Gasteiger partial charge in [-0.2, -0.15) is 4.98 Å². The summed E-state index contributed by atoms with van der Waals surface area (Å²) in [7, 11) is 0. The molecule has 0 radical (unpaired) electrons. The van der Waals surface area contributed by atoms with E-state index >= 15 is 0 Å². The zero-order chi connectivity index (χ0) is 19.4. The van der Waals surface area contributed by atoms with Crippen LogP contribution in [0, 0.1) is 13.8 Å². The first kappa shape index (κ1) is 17.1. The van der Waals surface area contributed by atoms with E-state index < -0.39 is 0 Å². The van der Waals surface area contributed by atoms with Crippen LogP contribution < -0.4 is 10.5 Å². The third-order valence-corrected chi connectivity index (χ3v) is 5.50. The lowest BCUT2D eigenvalue weighted by molar-refractivity contribution is 0.869. The van der Waals surface area contributed by atoms with Crippen LogP contribution in [0.25, 0.3) is 16.7 Å². The van der Waals surface area contributed by atoms with Crippen molar-refractivity contribution in [3.8, 4) is 5.69 Å². The van der Waals surface area contributed by atoms with Crippen LogP contribution in [-0.2, 0) is 6.42 Å². The van der Waals surface area contributed by atoms with Crippen LogP contribution >= 0.6 is 15.9 Å². The highest BCUT2D eigenvalue weighted by atomic mass is 79.9. The molecule has 0 fully saturated rings. The molecule has 0 unspecified atom stereocenters. The van der Waals surface area contributed by atoms with Gasteiger partial charge in [0.2, 0.25) is 5.95 Å². The lowest BCUT2D eigenvalue weighted by atomic mass is 10.1. The van der Waals surface area contributed by atoms with E-state index in [4.69, 9.17) is 0 Å². The summed E-state index contributed by atoms with van der Waals surface area (Å²) in [6, 6.07) is 8.04. The van der Waals surface area contributed by atoms with E-state index in [0.717, 1.165) is 45.6 Å². The number of hydrogen-bond acceptors (Lipinski definition) is 5. The summed E-state index contributed by atoms with van der Waals surface area (Å²) in [5.74, 6) is 1.31. The monoisotopic (exact) mass is 436 g/mol. The molecular weight excluding hydrogens is 420 g/mol. The van der Waals surface area contributed by atoms with Gasteiger partial charge >= 0.3 is 0 Å². The van der Waals surface area contributed by atoms with E-state index in [9.17, 15) is 4.79 Å². The van der Waals surface area contributed by atoms with Crippen molar-refractivity contribution in [3.63, 3.8) is 0 Å². The Hall–Kier alpha value is -3.00. The number of fused-ring (bicyclic) bond motifs is 2. The lowest BCUT2D eigenvalue weighted by Crippen LogP contribution is -2.21. The maximum absolute atomic E-state index is 12.7. The Morgan fingerprint density at radius 1 is 1.21 bits per heavy atom. The van der Waals surface area contributed by atoms with Gasteiger partial charge in [-0.3, -0.25) is 14.7 Å². The molecular formula is C20H17BrN6O. The predicted molar refractivity (Wildman–Crippen MR) is 112 cm³/mol. The number of anilines is 2. The Morgan fingerprint density at radius 3 is 2.79 bits per heavy atom. The van der Waals surface area contributed by atoms with Crippen molar-refractivity contribution in [2.75, 3.05) is 11.4 Å². The van der Waals surface area contributed by atoms with Gasteiger partial charge in [-0.25, -0.2) is 9.67 Å². The summed E-state index contributed by atoms with van der Waals surface area (Å²) in [6.45, 7) is 4.77. The second-order valence-corrected chi connectivity index (χ2v) is 7.89. The molecule has 140 valence electrons. The van der Waals surface area contributed by atoms with Gasteiger partial charge in [0.25, 0.3) is 5.56 Å². The Morgan fingerprint density at radius 2 is 2.00 bits per heavy atom. The number of pyridine rings is 1. The van der Waals surface area contributed by atoms with E-state index in [-0.39, 0.29) is 5.56 Å². The Kier molecular flexibility index (Phi) is 3.83. The van der Waals surface area contributed by atoms with Gasteiger partial charge in [-0.1, -0.05) is 22.0 Å². The smallest absolute Gasteiger partial charge is 0.263 e. The predicted octanol–water partition coefficient (Wildman–Crippen LogP) is 3.58. The minimum absolute atomic E-state index is 0.206. The molecule has 0 saturated heterocycles. The number of nitrogens with zero attached hydrogens (tertiary/aromatic N) is 5. The van der Waals surface area contributed by atoms with Crippen LogP contribution in [0.2, 0.25) is 0 Å². The molecule has 0 spiro atoms. The second kappa shape index (κ2) is 6.27. The molecule has 4 heterocycles. The van der Waals surface area contributed by atoms with E-state index in [1.54, 1.807) is 17.1 Å². The fraction of sp³-hybridized carbons (Fsp3) is 0.200. The summed E-state index contributed by atoms with van der Waals surface area (Å²) >= 11 is 3.52. The van der Waals surface area contributed by atoms with Crippen molar-refractivity contribution < 1.29 is 0 Å². The van der Waals surface area contributed by atoms with Gasteiger partial charge in [0.05, 0.1) is 5.69 Å². The molecule has 3 aromatic heterocycles. The minimum Gasteiger partial charge on any atom is -0.296 e. The van der Waals surface area contributed by atoms with Crippen LogP contribution in [0.1, 0.15) is 16.7 Å². The van der Waals surface area contributed by atoms with E-state index in [1.165, 1.54) is 0 Å². The molecule has 0 aliphatic carbocycles. The molecule has 1 aromatic carbocycles. The molecule has 1 N–H and O–H groups in total. The van der Waals surface area contributed by atoms with Gasteiger partial charge in [0.1, 0.15) is 11.2 Å². The Labute approximate surface area is 169 Å². The maximum Gasteiger partial charge on any atom is 0.263 e. The van der Waals surface area contributed by atoms with E-state index in [1.807, 2.05) is 43.0 Å². The number of aromatic nitrogens is 5. The van der Waals surface area contributed by atoms with Gasteiger partial charge in [0, 0.05) is 23.4 Å². The largest absolute Gasteiger partial charge is 0.296 e. The average Bonchev–Trinajstić information content (AvgIpc) is 3.25. The molecule has 0 bridgehead atoms. The topological polar surface area (TPSA) is 79.7 Å². The fourth-order valence-electron chi connectivity index (χ4n) is 3.82. The molecule has 1 aliphatic heterocycles. The summed E-state index contributed by atoms with van der Waals surface area (Å²) in [5, 5.41) is 5.07. The quantitative estimate of drug-likeness (QED) is 0.519. The third kappa shape index (κ3) is 2.63. The number of benzene rings is 1. The number of nitrogens with one attached hydrogen (secondary N) is 1. The first-order valence-electron chi connectivity index (χ1n) is 8.99. The molecule has 0 amide bonds. The molecule has 0 saturated carbocycles. The van der Waals surface area contributed by atoms with Crippen LogP contribution in [0.3, 0.4) is 0 Å². The Balaban J connectivity index is 1.65. The minimum atomic E-state index is -0.206. The zero-order valence-electron chi connectivity index (χ0n) is 15.4. The van der Waals surface area contributed by atoms with Gasteiger partial charge in [0.15, 0.2) is 5.65 Å². The number of halogens is 1. The summed E-state index contributed by atoms with van der Waals surface area (Å²) < 4.78 is 2.76. The van der Waals surface area contributed by atoms with Gasteiger partial charge < -0.3 is 0 Å². The van der Waals surface area contributed by atoms with Gasteiger partial charge in [-0.15, -0.1) is 5.10 Å². The van der Waals surface area contributed by atoms with E-state index in [0.29, 0.717) is 17.0 Å². The summed E-state index contributed by atoms with van der Waals surface area (Å²) in [4.78, 5) is 26.6. The number of hydrogen-bond donors (Lipinski definition) is 1. The van der Waals surface area contributed by atoms with Crippen LogP contribution in [-0.4, -0.2) is 31.3 Å². The van der Waals surface area contributed by atoms with Crippen molar-refractivity contribution in [1.29, 1.82) is 0 Å². The molecule has 4 aromatic rings. The highest BCUT2D eigenvalue weighted by molar-refractivity contribution is 9.10. The molecule has 1 aliphatic rings. The SMILES string of the molecule is Cc1cc(Br)cc(C)c1-n1cc2c(=O)[nH]c(N3CCc4cccnc43)nc2n1. The highest BCUT2D eigenvalue weighted by Crippen LogP contribution is 2.30. The number of H-pyrrole nitrogens is 1. The first-order valence-corrected chi connectivity index (χ1v) is 9.79. The fourth-order valence-corrected chi connectivity index (χ4v) is 4.51.